The van der Waals surface area contributed by atoms with Crippen molar-refractivity contribution in [2.45, 2.75) is 6.42 Å². The zero-order chi connectivity index (χ0) is 18.1. The van der Waals surface area contributed by atoms with Gasteiger partial charge >= 0.3 is 0 Å². The van der Waals surface area contributed by atoms with Gasteiger partial charge in [-0.1, -0.05) is 56.1 Å². The van der Waals surface area contributed by atoms with Crippen LogP contribution in [-0.4, -0.2) is 24.2 Å². The van der Waals surface area contributed by atoms with E-state index in [1.807, 2.05) is 48.5 Å². The minimum Gasteiger partial charge on any atom is -0.273 e. The SMILES string of the molecule is O=C(CC(=O)N/N=C\c1ccc(Br)cc1)N/N=C\c1ccc(Br)cc1. The highest BCUT2D eigenvalue weighted by Gasteiger charge is 2.07. The summed E-state index contributed by atoms with van der Waals surface area (Å²) in [7, 11) is 0. The Hall–Kier alpha value is -2.32. The Morgan fingerprint density at radius 1 is 0.760 bits per heavy atom. The lowest BCUT2D eigenvalue weighted by atomic mass is 10.2. The zero-order valence-electron chi connectivity index (χ0n) is 12.9. The summed E-state index contributed by atoms with van der Waals surface area (Å²) >= 11 is 6.66. The second-order valence-corrected chi connectivity index (χ2v) is 6.70. The number of hydrogen-bond donors (Lipinski definition) is 2. The van der Waals surface area contributed by atoms with Gasteiger partial charge < -0.3 is 0 Å². The van der Waals surface area contributed by atoms with E-state index in [4.69, 9.17) is 0 Å². The highest BCUT2D eigenvalue weighted by atomic mass is 79.9. The van der Waals surface area contributed by atoms with E-state index in [9.17, 15) is 9.59 Å². The quantitative estimate of drug-likeness (QED) is 0.390. The van der Waals surface area contributed by atoms with Crippen molar-refractivity contribution in [1.29, 1.82) is 0 Å². The predicted octanol–water partition coefficient (Wildman–Crippen LogP) is 3.20. The van der Waals surface area contributed by atoms with E-state index in [-0.39, 0.29) is 6.42 Å². The van der Waals surface area contributed by atoms with E-state index >= 15 is 0 Å². The summed E-state index contributed by atoms with van der Waals surface area (Å²) in [6.07, 6.45) is 2.62. The van der Waals surface area contributed by atoms with Crippen LogP contribution in [0.4, 0.5) is 0 Å². The predicted molar refractivity (Wildman–Crippen MR) is 104 cm³/mol. The number of benzene rings is 2. The van der Waals surface area contributed by atoms with Crippen molar-refractivity contribution < 1.29 is 9.59 Å². The number of hydrazone groups is 2. The normalized spacial score (nSPS) is 11.0. The lowest BCUT2D eigenvalue weighted by Crippen LogP contribution is -2.27. The van der Waals surface area contributed by atoms with Gasteiger partial charge in [-0.3, -0.25) is 9.59 Å². The molecule has 0 fully saturated rings. The standard InChI is InChI=1S/C17H14Br2N4O2/c18-14-5-1-12(2-6-14)10-20-22-16(24)9-17(25)23-21-11-13-3-7-15(19)8-4-13/h1-8,10-11H,9H2,(H,22,24)(H,23,25)/b20-10-,21-11-. The molecule has 0 aliphatic heterocycles. The van der Waals surface area contributed by atoms with Gasteiger partial charge in [-0.05, 0) is 35.4 Å². The molecule has 2 aromatic rings. The third-order valence-corrected chi connectivity index (χ3v) is 3.92. The van der Waals surface area contributed by atoms with Gasteiger partial charge in [0.1, 0.15) is 6.42 Å². The van der Waals surface area contributed by atoms with Crippen LogP contribution >= 0.6 is 31.9 Å². The first-order valence-electron chi connectivity index (χ1n) is 7.18. The van der Waals surface area contributed by atoms with Crippen molar-refractivity contribution in [2.75, 3.05) is 0 Å². The molecule has 0 bridgehead atoms. The van der Waals surface area contributed by atoms with Crippen LogP contribution in [-0.2, 0) is 9.59 Å². The van der Waals surface area contributed by atoms with E-state index < -0.39 is 11.8 Å². The van der Waals surface area contributed by atoms with Crippen molar-refractivity contribution in [3.63, 3.8) is 0 Å². The van der Waals surface area contributed by atoms with Crippen LogP contribution in [0.3, 0.4) is 0 Å². The van der Waals surface area contributed by atoms with Crippen molar-refractivity contribution in [2.24, 2.45) is 10.2 Å². The number of nitrogens with zero attached hydrogens (tertiary/aromatic N) is 2. The fraction of sp³-hybridized carbons (Fsp3) is 0.0588. The van der Waals surface area contributed by atoms with Crippen LogP contribution in [0, 0.1) is 0 Å². The molecular formula is C17H14Br2N4O2. The molecule has 0 aliphatic carbocycles. The molecule has 0 saturated carbocycles. The Morgan fingerprint density at radius 3 is 1.48 bits per heavy atom. The molecule has 0 heterocycles. The fourth-order valence-corrected chi connectivity index (χ4v) is 2.21. The summed E-state index contributed by atoms with van der Waals surface area (Å²) in [5.41, 5.74) is 6.24. The summed E-state index contributed by atoms with van der Waals surface area (Å²) in [5.74, 6) is -1.05. The summed E-state index contributed by atoms with van der Waals surface area (Å²) in [6, 6.07) is 14.8. The first-order chi connectivity index (χ1) is 12.0. The van der Waals surface area contributed by atoms with E-state index in [1.165, 1.54) is 12.4 Å². The molecule has 0 radical (unpaired) electrons. The van der Waals surface area contributed by atoms with Crippen LogP contribution < -0.4 is 10.9 Å². The van der Waals surface area contributed by atoms with Crippen LogP contribution in [0.1, 0.15) is 17.5 Å². The third-order valence-electron chi connectivity index (χ3n) is 2.87. The van der Waals surface area contributed by atoms with Crippen molar-refractivity contribution in [3.05, 3.63) is 68.6 Å². The van der Waals surface area contributed by atoms with Crippen molar-refractivity contribution in [3.8, 4) is 0 Å². The molecule has 2 N–H and O–H groups in total. The minimum absolute atomic E-state index is 0.366. The fourth-order valence-electron chi connectivity index (χ4n) is 1.68. The number of carbonyl (C=O) groups is 2. The van der Waals surface area contributed by atoms with Crippen molar-refractivity contribution in [1.82, 2.24) is 10.9 Å². The Kier molecular flexibility index (Phi) is 7.49. The summed E-state index contributed by atoms with van der Waals surface area (Å²) < 4.78 is 1.91. The summed E-state index contributed by atoms with van der Waals surface area (Å²) in [5, 5.41) is 7.60. The van der Waals surface area contributed by atoms with E-state index in [1.54, 1.807) is 0 Å². The topological polar surface area (TPSA) is 82.9 Å². The summed E-state index contributed by atoms with van der Waals surface area (Å²) in [4.78, 5) is 23.2. The maximum absolute atomic E-state index is 11.6. The number of amides is 2. The molecule has 128 valence electrons. The molecule has 8 heteroatoms. The molecular weight excluding hydrogens is 452 g/mol. The van der Waals surface area contributed by atoms with Gasteiger partial charge in [0.05, 0.1) is 12.4 Å². The number of hydrogen-bond acceptors (Lipinski definition) is 4. The van der Waals surface area contributed by atoms with Gasteiger partial charge in [0.25, 0.3) is 0 Å². The number of rotatable bonds is 6. The second-order valence-electron chi connectivity index (χ2n) is 4.87. The summed E-state index contributed by atoms with van der Waals surface area (Å²) in [6.45, 7) is 0. The van der Waals surface area contributed by atoms with Gasteiger partial charge in [0.15, 0.2) is 0 Å². The average molecular weight is 466 g/mol. The van der Waals surface area contributed by atoms with Crippen molar-refractivity contribution >= 4 is 56.1 Å². The number of nitrogens with one attached hydrogen (secondary N) is 2. The van der Waals surface area contributed by atoms with Crippen LogP contribution in [0.15, 0.2) is 67.7 Å². The molecule has 2 aromatic carbocycles. The van der Waals surface area contributed by atoms with Gasteiger partial charge in [-0.25, -0.2) is 10.9 Å². The second kappa shape index (κ2) is 9.85. The molecule has 0 unspecified atom stereocenters. The average Bonchev–Trinajstić information content (AvgIpc) is 2.58. The Labute approximate surface area is 161 Å². The van der Waals surface area contributed by atoms with E-state index in [0.29, 0.717) is 0 Å². The van der Waals surface area contributed by atoms with Crippen LogP contribution in [0.25, 0.3) is 0 Å². The molecule has 25 heavy (non-hydrogen) atoms. The highest BCUT2D eigenvalue weighted by molar-refractivity contribution is 9.10. The molecule has 2 rings (SSSR count). The van der Waals surface area contributed by atoms with Crippen LogP contribution in [0.2, 0.25) is 0 Å². The molecule has 0 atom stereocenters. The van der Waals surface area contributed by atoms with E-state index in [2.05, 4.69) is 52.9 Å². The van der Waals surface area contributed by atoms with Gasteiger partial charge in [-0.2, -0.15) is 10.2 Å². The first kappa shape index (κ1) is 19.0. The Morgan fingerprint density at radius 2 is 1.12 bits per heavy atom. The monoisotopic (exact) mass is 464 g/mol. The zero-order valence-corrected chi connectivity index (χ0v) is 16.1. The Bertz CT molecular complexity index is 720. The molecule has 0 aromatic heterocycles. The smallest absolute Gasteiger partial charge is 0.249 e. The molecule has 0 spiro atoms. The Balaban J connectivity index is 1.73. The van der Waals surface area contributed by atoms with Gasteiger partial charge in [0.2, 0.25) is 11.8 Å². The van der Waals surface area contributed by atoms with E-state index in [0.717, 1.165) is 20.1 Å². The first-order valence-corrected chi connectivity index (χ1v) is 8.76. The highest BCUT2D eigenvalue weighted by Crippen LogP contribution is 2.09. The number of carbonyl (C=O) groups excluding carboxylic acids is 2. The maximum atomic E-state index is 11.6. The van der Waals surface area contributed by atoms with Gasteiger partial charge in [-0.15, -0.1) is 0 Å². The molecule has 0 saturated heterocycles. The molecule has 0 aliphatic rings. The largest absolute Gasteiger partial charge is 0.273 e. The van der Waals surface area contributed by atoms with Gasteiger partial charge in [0, 0.05) is 8.95 Å². The number of halogens is 2. The lowest BCUT2D eigenvalue weighted by molar-refractivity contribution is -0.129. The van der Waals surface area contributed by atoms with Crippen LogP contribution in [0.5, 0.6) is 0 Å². The molecule has 2 amide bonds. The lowest BCUT2D eigenvalue weighted by Gasteiger charge is -1.99. The third kappa shape index (κ3) is 7.40. The minimum atomic E-state index is -0.523. The maximum Gasteiger partial charge on any atom is 0.249 e. The molecule has 6 nitrogen and oxygen atoms in total.